The molecule has 0 unspecified atom stereocenters. The summed E-state index contributed by atoms with van der Waals surface area (Å²) < 4.78 is 10.6. The van der Waals surface area contributed by atoms with Gasteiger partial charge in [0, 0.05) is 43.9 Å². The van der Waals surface area contributed by atoms with E-state index in [0.717, 1.165) is 5.56 Å². The SMILES string of the molecule is COc1ccc(/C(O)=C2\C(=O)C(=O)N(CCN3CCOCC3)[C@H]2c2cccc([N+](=O)[O-])c2)cc1C. The Morgan fingerprint density at radius 3 is 2.57 bits per heavy atom. The zero-order valence-electron chi connectivity index (χ0n) is 19.6. The minimum absolute atomic E-state index is 0.0953. The molecule has 4 rings (SSSR count). The number of nitro benzene ring substituents is 1. The lowest BCUT2D eigenvalue weighted by molar-refractivity contribution is -0.384. The fourth-order valence-corrected chi connectivity index (χ4v) is 4.52. The van der Waals surface area contributed by atoms with Crippen molar-refractivity contribution in [1.82, 2.24) is 9.80 Å². The molecule has 2 saturated heterocycles. The van der Waals surface area contributed by atoms with Gasteiger partial charge in [-0.25, -0.2) is 0 Å². The van der Waals surface area contributed by atoms with Crippen molar-refractivity contribution >= 4 is 23.1 Å². The number of non-ortho nitro benzene ring substituents is 1. The van der Waals surface area contributed by atoms with Gasteiger partial charge in [-0.15, -0.1) is 0 Å². The molecule has 10 heteroatoms. The van der Waals surface area contributed by atoms with E-state index < -0.39 is 22.7 Å². The smallest absolute Gasteiger partial charge is 0.295 e. The van der Waals surface area contributed by atoms with Crippen LogP contribution >= 0.6 is 0 Å². The van der Waals surface area contributed by atoms with Gasteiger partial charge in [0.15, 0.2) is 0 Å². The molecule has 2 aliphatic rings. The zero-order valence-corrected chi connectivity index (χ0v) is 19.6. The molecule has 2 aliphatic heterocycles. The average Bonchev–Trinajstić information content (AvgIpc) is 3.12. The largest absolute Gasteiger partial charge is 0.507 e. The molecule has 0 bridgehead atoms. The Hall–Kier alpha value is -3.76. The number of carbonyl (C=O) groups is 2. The molecule has 184 valence electrons. The molecule has 0 aromatic heterocycles. The van der Waals surface area contributed by atoms with Crippen molar-refractivity contribution in [2.75, 3.05) is 46.5 Å². The number of carbonyl (C=O) groups excluding carboxylic acids is 2. The second kappa shape index (κ2) is 10.2. The maximum atomic E-state index is 13.2. The normalized spacial score (nSPS) is 20.3. The number of nitrogens with zero attached hydrogens (tertiary/aromatic N) is 3. The molecular weight excluding hydrogens is 454 g/mol. The highest BCUT2D eigenvalue weighted by atomic mass is 16.6. The van der Waals surface area contributed by atoms with Crippen LogP contribution in [0.15, 0.2) is 48.0 Å². The number of aryl methyl sites for hydroxylation is 1. The molecule has 2 heterocycles. The number of ketones is 1. The van der Waals surface area contributed by atoms with Gasteiger partial charge in [0.25, 0.3) is 17.4 Å². The van der Waals surface area contributed by atoms with Crippen LogP contribution in [0, 0.1) is 17.0 Å². The van der Waals surface area contributed by atoms with Crippen molar-refractivity contribution in [3.05, 3.63) is 74.8 Å². The van der Waals surface area contributed by atoms with E-state index in [-0.39, 0.29) is 23.6 Å². The molecule has 1 amide bonds. The molecule has 0 spiro atoms. The molecule has 10 nitrogen and oxygen atoms in total. The number of morpholine rings is 1. The highest BCUT2D eigenvalue weighted by Crippen LogP contribution is 2.40. The number of Topliss-reactive ketones (excluding diaryl/α,β-unsaturated/α-hetero) is 1. The third-order valence-corrected chi connectivity index (χ3v) is 6.37. The average molecular weight is 482 g/mol. The number of hydrogen-bond acceptors (Lipinski definition) is 8. The number of likely N-dealkylation sites (tertiary alicyclic amines) is 1. The number of aliphatic hydroxyl groups excluding tert-OH is 1. The number of rotatable bonds is 7. The molecule has 1 N–H and O–H groups in total. The summed E-state index contributed by atoms with van der Waals surface area (Å²) in [5, 5.41) is 22.6. The Labute approximate surface area is 202 Å². The quantitative estimate of drug-likeness (QED) is 0.211. The maximum absolute atomic E-state index is 13.2. The number of benzene rings is 2. The number of methoxy groups -OCH3 is 1. The molecule has 2 aromatic carbocycles. The van der Waals surface area contributed by atoms with Crippen molar-refractivity contribution in [1.29, 1.82) is 0 Å². The van der Waals surface area contributed by atoms with Gasteiger partial charge < -0.3 is 19.5 Å². The summed E-state index contributed by atoms with van der Waals surface area (Å²) in [7, 11) is 1.53. The number of hydrogen-bond donors (Lipinski definition) is 1. The number of aliphatic hydroxyl groups is 1. The Kier molecular flexibility index (Phi) is 7.13. The Morgan fingerprint density at radius 1 is 1.17 bits per heavy atom. The van der Waals surface area contributed by atoms with Crippen LogP contribution in [0.2, 0.25) is 0 Å². The zero-order chi connectivity index (χ0) is 25.1. The van der Waals surface area contributed by atoms with E-state index in [9.17, 15) is 24.8 Å². The summed E-state index contributed by atoms with van der Waals surface area (Å²) in [5.41, 5.74) is 1.21. The van der Waals surface area contributed by atoms with Crippen LogP contribution in [-0.2, 0) is 14.3 Å². The van der Waals surface area contributed by atoms with Crippen LogP contribution in [-0.4, -0.2) is 78.0 Å². The predicted octanol–water partition coefficient (Wildman–Crippen LogP) is 2.67. The number of ether oxygens (including phenoxy) is 2. The topological polar surface area (TPSA) is 122 Å². The lowest BCUT2D eigenvalue weighted by atomic mass is 9.94. The van der Waals surface area contributed by atoms with Gasteiger partial charge in [0.05, 0.1) is 36.9 Å². The van der Waals surface area contributed by atoms with Gasteiger partial charge in [-0.05, 0) is 36.2 Å². The van der Waals surface area contributed by atoms with Crippen LogP contribution in [0.5, 0.6) is 5.75 Å². The fraction of sp³-hybridized carbons (Fsp3) is 0.360. The molecule has 2 fully saturated rings. The minimum atomic E-state index is -0.960. The van der Waals surface area contributed by atoms with Crippen LogP contribution in [0.1, 0.15) is 22.7 Å². The van der Waals surface area contributed by atoms with Crippen LogP contribution in [0.25, 0.3) is 5.76 Å². The van der Waals surface area contributed by atoms with Crippen molar-refractivity contribution in [3.63, 3.8) is 0 Å². The van der Waals surface area contributed by atoms with Gasteiger partial charge in [0.1, 0.15) is 11.5 Å². The van der Waals surface area contributed by atoms with Crippen molar-refractivity contribution < 1.29 is 29.1 Å². The first-order valence-electron chi connectivity index (χ1n) is 11.3. The van der Waals surface area contributed by atoms with Gasteiger partial charge in [-0.3, -0.25) is 24.6 Å². The fourth-order valence-electron chi connectivity index (χ4n) is 4.52. The first-order valence-corrected chi connectivity index (χ1v) is 11.3. The molecule has 0 saturated carbocycles. The summed E-state index contributed by atoms with van der Waals surface area (Å²) in [4.78, 5) is 40.7. The minimum Gasteiger partial charge on any atom is -0.507 e. The van der Waals surface area contributed by atoms with E-state index in [0.29, 0.717) is 49.7 Å². The van der Waals surface area contributed by atoms with Crippen molar-refractivity contribution in [2.24, 2.45) is 0 Å². The molecule has 1 atom stereocenters. The summed E-state index contributed by atoms with van der Waals surface area (Å²) in [6, 6.07) is 9.79. The summed E-state index contributed by atoms with van der Waals surface area (Å²) in [6.45, 7) is 5.11. The second-order valence-electron chi connectivity index (χ2n) is 8.48. The monoisotopic (exact) mass is 481 g/mol. The van der Waals surface area contributed by atoms with E-state index in [2.05, 4.69) is 4.90 Å². The van der Waals surface area contributed by atoms with E-state index in [4.69, 9.17) is 9.47 Å². The van der Waals surface area contributed by atoms with Crippen LogP contribution in [0.4, 0.5) is 5.69 Å². The van der Waals surface area contributed by atoms with Gasteiger partial charge in [0.2, 0.25) is 0 Å². The third kappa shape index (κ3) is 4.89. The highest BCUT2D eigenvalue weighted by Gasteiger charge is 2.46. The third-order valence-electron chi connectivity index (χ3n) is 6.37. The summed E-state index contributed by atoms with van der Waals surface area (Å²) in [6.07, 6.45) is 0. The van der Waals surface area contributed by atoms with Gasteiger partial charge in [-0.2, -0.15) is 0 Å². The van der Waals surface area contributed by atoms with Gasteiger partial charge >= 0.3 is 0 Å². The van der Waals surface area contributed by atoms with Crippen LogP contribution < -0.4 is 4.74 Å². The maximum Gasteiger partial charge on any atom is 0.295 e. The Balaban J connectivity index is 1.78. The van der Waals surface area contributed by atoms with Crippen molar-refractivity contribution in [2.45, 2.75) is 13.0 Å². The first-order chi connectivity index (χ1) is 16.8. The standard InChI is InChI=1S/C25H27N3O7/c1-16-14-18(6-7-20(16)34-2)23(29)21-22(17-4-3-5-19(15-17)28(32)33)27(25(31)24(21)30)9-8-26-10-12-35-13-11-26/h3-7,14-15,22,29H,8-13H2,1-2H3/b23-21+/t22-/m0/s1. The Bertz CT molecular complexity index is 1190. The summed E-state index contributed by atoms with van der Waals surface area (Å²) in [5.74, 6) is -1.29. The lowest BCUT2D eigenvalue weighted by Crippen LogP contribution is -2.42. The van der Waals surface area contributed by atoms with Crippen LogP contribution in [0.3, 0.4) is 0 Å². The van der Waals surface area contributed by atoms with E-state index in [1.54, 1.807) is 31.2 Å². The number of nitro groups is 1. The molecule has 2 aromatic rings. The second-order valence-corrected chi connectivity index (χ2v) is 8.48. The van der Waals surface area contributed by atoms with E-state index in [1.807, 2.05) is 0 Å². The van der Waals surface area contributed by atoms with Crippen molar-refractivity contribution in [3.8, 4) is 5.75 Å². The lowest BCUT2D eigenvalue weighted by Gasteiger charge is -2.31. The first kappa shape index (κ1) is 24.4. The highest BCUT2D eigenvalue weighted by molar-refractivity contribution is 6.46. The predicted molar refractivity (Wildman–Crippen MR) is 127 cm³/mol. The molecular formula is C25H27N3O7. The summed E-state index contributed by atoms with van der Waals surface area (Å²) >= 11 is 0. The Morgan fingerprint density at radius 2 is 1.91 bits per heavy atom. The van der Waals surface area contributed by atoms with E-state index in [1.165, 1.54) is 30.2 Å². The van der Waals surface area contributed by atoms with E-state index >= 15 is 0 Å². The van der Waals surface area contributed by atoms with Gasteiger partial charge in [-0.1, -0.05) is 12.1 Å². The number of amides is 1. The molecule has 0 radical (unpaired) electrons. The molecule has 35 heavy (non-hydrogen) atoms. The molecule has 0 aliphatic carbocycles.